The number of carbonyl (C=O) groups excluding carboxylic acids is 1. The number of benzene rings is 2. The maximum atomic E-state index is 12.6. The van der Waals surface area contributed by atoms with E-state index in [2.05, 4.69) is 0 Å². The number of hydrogen-bond acceptors (Lipinski definition) is 6. The summed E-state index contributed by atoms with van der Waals surface area (Å²) in [6.45, 7) is 5.09. The lowest BCUT2D eigenvalue weighted by Gasteiger charge is -2.11. The molecule has 0 spiro atoms. The van der Waals surface area contributed by atoms with Crippen molar-refractivity contribution in [3.8, 4) is 0 Å². The first-order chi connectivity index (χ1) is 13.2. The van der Waals surface area contributed by atoms with Gasteiger partial charge in [0, 0.05) is 17.0 Å². The van der Waals surface area contributed by atoms with Gasteiger partial charge >= 0.3 is 11.6 Å². The summed E-state index contributed by atoms with van der Waals surface area (Å²) in [5, 5.41) is 0.671. The molecule has 3 aromatic rings. The van der Waals surface area contributed by atoms with E-state index in [0.717, 1.165) is 11.1 Å². The van der Waals surface area contributed by atoms with Crippen LogP contribution in [0.4, 0.5) is 0 Å². The lowest BCUT2D eigenvalue weighted by Crippen LogP contribution is -2.14. The van der Waals surface area contributed by atoms with Gasteiger partial charge in [0.05, 0.1) is 16.2 Å². The molecule has 0 bridgehead atoms. The van der Waals surface area contributed by atoms with E-state index in [9.17, 15) is 18.0 Å². The molecule has 0 aliphatic rings. The second-order valence-electron chi connectivity index (χ2n) is 6.45. The molecule has 0 radical (unpaired) electrons. The fourth-order valence-corrected chi connectivity index (χ4v) is 4.01. The number of rotatable bonds is 5. The van der Waals surface area contributed by atoms with E-state index in [0.29, 0.717) is 16.5 Å². The molecule has 3 rings (SSSR count). The standard InChI is InChI=1S/C21H20O6S/c1-4-28(24,25)18-8-6-5-7-17(18)21(23)26-12-15-11-19(22)27-20-14(3)13(2)9-10-16(15)20/h5-11H,4,12H2,1-3H3. The minimum absolute atomic E-state index is 0.0244. The predicted octanol–water partition coefficient (Wildman–Crippen LogP) is 3.56. The van der Waals surface area contributed by atoms with Crippen LogP contribution in [0.15, 0.2) is 56.6 Å². The molecule has 0 unspecified atom stereocenters. The topological polar surface area (TPSA) is 90.6 Å². The molecule has 7 heteroatoms. The van der Waals surface area contributed by atoms with Crippen molar-refractivity contribution in [1.29, 1.82) is 0 Å². The molecular formula is C21H20O6S. The van der Waals surface area contributed by atoms with Crippen LogP contribution in [0.3, 0.4) is 0 Å². The van der Waals surface area contributed by atoms with Crippen molar-refractivity contribution >= 4 is 26.8 Å². The zero-order valence-corrected chi connectivity index (χ0v) is 16.6. The summed E-state index contributed by atoms with van der Waals surface area (Å²) in [6.07, 6.45) is 0. The van der Waals surface area contributed by atoms with Gasteiger partial charge in [0.1, 0.15) is 12.2 Å². The van der Waals surface area contributed by atoms with Crippen molar-refractivity contribution in [2.45, 2.75) is 32.3 Å². The fourth-order valence-electron chi connectivity index (χ4n) is 2.93. The minimum atomic E-state index is -3.57. The zero-order chi connectivity index (χ0) is 20.5. The van der Waals surface area contributed by atoms with Gasteiger partial charge in [-0.2, -0.15) is 0 Å². The van der Waals surface area contributed by atoms with Crippen LogP contribution in [0.5, 0.6) is 0 Å². The summed E-state index contributed by atoms with van der Waals surface area (Å²) >= 11 is 0. The van der Waals surface area contributed by atoms with Crippen LogP contribution in [0.1, 0.15) is 34.0 Å². The zero-order valence-electron chi connectivity index (χ0n) is 15.8. The Labute approximate surface area is 162 Å². The highest BCUT2D eigenvalue weighted by molar-refractivity contribution is 7.91. The monoisotopic (exact) mass is 400 g/mol. The molecule has 146 valence electrons. The summed E-state index contributed by atoms with van der Waals surface area (Å²) in [4.78, 5) is 24.4. The Morgan fingerprint density at radius 3 is 2.54 bits per heavy atom. The van der Waals surface area contributed by atoms with Gasteiger partial charge in [-0.15, -0.1) is 0 Å². The summed E-state index contributed by atoms with van der Waals surface area (Å²) in [6, 6.07) is 10.9. The molecule has 1 aromatic heterocycles. The maximum absolute atomic E-state index is 12.6. The van der Waals surface area contributed by atoms with E-state index in [-0.39, 0.29) is 22.8 Å². The highest BCUT2D eigenvalue weighted by Gasteiger charge is 2.22. The van der Waals surface area contributed by atoms with Crippen molar-refractivity contribution < 1.29 is 22.4 Å². The van der Waals surface area contributed by atoms with E-state index < -0.39 is 21.4 Å². The van der Waals surface area contributed by atoms with E-state index in [4.69, 9.17) is 9.15 Å². The molecule has 0 saturated heterocycles. The SMILES string of the molecule is CCS(=O)(=O)c1ccccc1C(=O)OCc1cc(=O)oc2c(C)c(C)ccc12. The summed E-state index contributed by atoms with van der Waals surface area (Å²) in [5.41, 5.74) is 2.20. The number of aryl methyl sites for hydroxylation is 2. The Balaban J connectivity index is 1.95. The molecular weight excluding hydrogens is 380 g/mol. The fraction of sp³-hybridized carbons (Fsp3) is 0.238. The normalized spacial score (nSPS) is 11.5. The number of carbonyl (C=O) groups is 1. The van der Waals surface area contributed by atoms with E-state index in [1.165, 1.54) is 25.1 Å². The summed E-state index contributed by atoms with van der Waals surface area (Å²) in [5.74, 6) is -0.891. The van der Waals surface area contributed by atoms with Crippen molar-refractivity contribution in [1.82, 2.24) is 0 Å². The average Bonchev–Trinajstić information content (AvgIpc) is 2.69. The van der Waals surface area contributed by atoms with Crippen LogP contribution >= 0.6 is 0 Å². The third-order valence-corrected chi connectivity index (χ3v) is 6.48. The van der Waals surface area contributed by atoms with E-state index in [1.807, 2.05) is 19.9 Å². The quantitative estimate of drug-likeness (QED) is 0.480. The molecule has 6 nitrogen and oxygen atoms in total. The molecule has 0 fully saturated rings. The molecule has 0 atom stereocenters. The second-order valence-corrected chi connectivity index (χ2v) is 8.70. The lowest BCUT2D eigenvalue weighted by molar-refractivity contribution is 0.0469. The molecule has 0 N–H and O–H groups in total. The van der Waals surface area contributed by atoms with Gasteiger partial charge < -0.3 is 9.15 Å². The number of ether oxygens (including phenoxy) is 1. The first-order valence-electron chi connectivity index (χ1n) is 8.76. The Bertz CT molecular complexity index is 1220. The molecule has 0 aliphatic carbocycles. The van der Waals surface area contributed by atoms with Crippen LogP contribution in [-0.2, 0) is 21.2 Å². The molecule has 28 heavy (non-hydrogen) atoms. The number of sulfone groups is 1. The molecule has 0 saturated carbocycles. The third-order valence-electron chi connectivity index (χ3n) is 4.70. The van der Waals surface area contributed by atoms with Gasteiger partial charge in [-0.25, -0.2) is 18.0 Å². The van der Waals surface area contributed by atoms with Crippen molar-refractivity contribution in [3.05, 3.63) is 75.1 Å². The maximum Gasteiger partial charge on any atom is 0.339 e. The van der Waals surface area contributed by atoms with Crippen molar-refractivity contribution in [3.63, 3.8) is 0 Å². The minimum Gasteiger partial charge on any atom is -0.457 e. The molecule has 0 amide bonds. The molecule has 1 heterocycles. The van der Waals surface area contributed by atoms with Gasteiger partial charge in [-0.1, -0.05) is 31.2 Å². The van der Waals surface area contributed by atoms with Gasteiger partial charge in [0.2, 0.25) is 0 Å². The van der Waals surface area contributed by atoms with Gasteiger partial charge in [-0.3, -0.25) is 0 Å². The van der Waals surface area contributed by atoms with Gasteiger partial charge in [0.25, 0.3) is 0 Å². The largest absolute Gasteiger partial charge is 0.457 e. The predicted molar refractivity (Wildman–Crippen MR) is 105 cm³/mol. The number of fused-ring (bicyclic) bond motifs is 1. The lowest BCUT2D eigenvalue weighted by atomic mass is 10.0. The Morgan fingerprint density at radius 1 is 1.11 bits per heavy atom. The summed E-state index contributed by atoms with van der Waals surface area (Å²) < 4.78 is 35.1. The Morgan fingerprint density at radius 2 is 1.82 bits per heavy atom. The van der Waals surface area contributed by atoms with Gasteiger partial charge in [0.15, 0.2) is 9.84 Å². The first kappa shape index (κ1) is 19.8. The number of esters is 1. The van der Waals surface area contributed by atoms with Crippen LogP contribution in [0.25, 0.3) is 11.0 Å². The van der Waals surface area contributed by atoms with Crippen molar-refractivity contribution in [2.24, 2.45) is 0 Å². The highest BCUT2D eigenvalue weighted by atomic mass is 32.2. The number of hydrogen-bond donors (Lipinski definition) is 0. The van der Waals surface area contributed by atoms with Crippen LogP contribution < -0.4 is 5.63 Å². The highest BCUT2D eigenvalue weighted by Crippen LogP contribution is 2.24. The van der Waals surface area contributed by atoms with Crippen LogP contribution in [0.2, 0.25) is 0 Å². The first-order valence-corrected chi connectivity index (χ1v) is 10.4. The molecule has 2 aromatic carbocycles. The van der Waals surface area contributed by atoms with Crippen LogP contribution in [-0.4, -0.2) is 20.1 Å². The summed E-state index contributed by atoms with van der Waals surface area (Å²) in [7, 11) is -3.57. The van der Waals surface area contributed by atoms with E-state index in [1.54, 1.807) is 18.2 Å². The Kier molecular flexibility index (Phi) is 5.38. The van der Waals surface area contributed by atoms with E-state index >= 15 is 0 Å². The smallest absolute Gasteiger partial charge is 0.339 e. The third kappa shape index (κ3) is 3.71. The molecule has 0 aliphatic heterocycles. The van der Waals surface area contributed by atoms with Crippen molar-refractivity contribution in [2.75, 3.05) is 5.75 Å². The average molecular weight is 400 g/mol. The second kappa shape index (κ2) is 7.59. The van der Waals surface area contributed by atoms with Gasteiger partial charge in [-0.05, 0) is 37.1 Å². The van der Waals surface area contributed by atoms with Crippen LogP contribution in [0, 0.1) is 13.8 Å². The Hall–Kier alpha value is -2.93.